The third-order valence-corrected chi connectivity index (χ3v) is 3.66. The number of nitrogens with zero attached hydrogens (tertiary/aromatic N) is 2. The highest BCUT2D eigenvalue weighted by Crippen LogP contribution is 2.26. The van der Waals surface area contributed by atoms with Gasteiger partial charge in [0.2, 0.25) is 0 Å². The molecule has 78 valence electrons. The van der Waals surface area contributed by atoms with Crippen LogP contribution in [0, 0.1) is 20.8 Å². The Morgan fingerprint density at radius 1 is 1.13 bits per heavy atom. The zero-order chi connectivity index (χ0) is 11.0. The van der Waals surface area contributed by atoms with Crippen molar-refractivity contribution in [2.75, 3.05) is 0 Å². The highest BCUT2D eigenvalue weighted by Gasteiger charge is 2.10. The van der Waals surface area contributed by atoms with Crippen LogP contribution >= 0.6 is 22.9 Å². The molecule has 0 aromatic carbocycles. The van der Waals surface area contributed by atoms with Gasteiger partial charge in [-0.25, -0.2) is 9.97 Å². The maximum absolute atomic E-state index is 6.04. The summed E-state index contributed by atoms with van der Waals surface area (Å²) >= 11 is 7.69. The lowest BCUT2D eigenvalue weighted by atomic mass is 10.2. The van der Waals surface area contributed by atoms with Gasteiger partial charge in [-0.05, 0) is 31.7 Å². The molecule has 4 heteroatoms. The van der Waals surface area contributed by atoms with E-state index in [1.54, 1.807) is 11.3 Å². The zero-order valence-electron chi connectivity index (χ0n) is 8.84. The number of aromatic nitrogens is 2. The second-order valence-electron chi connectivity index (χ2n) is 3.52. The molecule has 0 saturated carbocycles. The van der Waals surface area contributed by atoms with E-state index in [1.165, 1.54) is 5.56 Å². The molecule has 2 nitrogen and oxygen atoms in total. The molecule has 0 fully saturated rings. The van der Waals surface area contributed by atoms with E-state index < -0.39 is 0 Å². The maximum Gasteiger partial charge on any atom is 0.162 e. The summed E-state index contributed by atoms with van der Waals surface area (Å²) in [4.78, 5) is 8.75. The molecular weight excluding hydrogens is 228 g/mol. The van der Waals surface area contributed by atoms with Crippen molar-refractivity contribution in [2.45, 2.75) is 20.8 Å². The highest BCUT2D eigenvalue weighted by molar-refractivity contribution is 7.08. The van der Waals surface area contributed by atoms with Crippen LogP contribution in [-0.2, 0) is 0 Å². The molecular formula is C11H11ClN2S. The van der Waals surface area contributed by atoms with Crippen LogP contribution < -0.4 is 0 Å². The fourth-order valence-corrected chi connectivity index (χ4v) is 2.35. The quantitative estimate of drug-likeness (QED) is 0.707. The molecule has 0 aliphatic rings. The molecule has 0 unspecified atom stereocenters. The first-order chi connectivity index (χ1) is 7.09. The Balaban J connectivity index is 2.60. The zero-order valence-corrected chi connectivity index (χ0v) is 10.4. The highest BCUT2D eigenvalue weighted by atomic mass is 35.5. The second-order valence-corrected chi connectivity index (χ2v) is 4.62. The van der Waals surface area contributed by atoms with Gasteiger partial charge in [0.05, 0.1) is 0 Å². The largest absolute Gasteiger partial charge is 0.233 e. The first kappa shape index (κ1) is 10.6. The van der Waals surface area contributed by atoms with Crippen LogP contribution in [0.2, 0.25) is 5.15 Å². The molecule has 0 saturated heterocycles. The molecule has 0 bridgehead atoms. The van der Waals surface area contributed by atoms with Crippen molar-refractivity contribution < 1.29 is 0 Å². The van der Waals surface area contributed by atoms with E-state index in [4.69, 9.17) is 11.6 Å². The molecule has 0 spiro atoms. The summed E-state index contributed by atoms with van der Waals surface area (Å²) in [5.41, 5.74) is 4.16. The van der Waals surface area contributed by atoms with Gasteiger partial charge in [0, 0.05) is 22.2 Å². The Bertz CT molecular complexity index is 482. The Morgan fingerprint density at radius 2 is 1.87 bits per heavy atom. The molecule has 2 rings (SSSR count). The van der Waals surface area contributed by atoms with Crippen LogP contribution in [0.1, 0.15) is 16.8 Å². The Hall–Kier alpha value is -0.930. The second kappa shape index (κ2) is 3.91. The van der Waals surface area contributed by atoms with Crippen molar-refractivity contribution in [2.24, 2.45) is 0 Å². The lowest BCUT2D eigenvalue weighted by molar-refractivity contribution is 1.07. The van der Waals surface area contributed by atoms with E-state index in [0.717, 1.165) is 22.6 Å². The molecule has 15 heavy (non-hydrogen) atoms. The minimum atomic E-state index is 0.545. The molecule has 2 aromatic heterocycles. The minimum Gasteiger partial charge on any atom is -0.233 e. The summed E-state index contributed by atoms with van der Waals surface area (Å²) in [6.07, 6.45) is 0. The molecule has 0 radical (unpaired) electrons. The lowest BCUT2D eigenvalue weighted by Gasteiger charge is -2.05. The summed E-state index contributed by atoms with van der Waals surface area (Å²) in [6.45, 7) is 5.94. The van der Waals surface area contributed by atoms with Crippen LogP contribution in [0.5, 0.6) is 0 Å². The molecule has 2 aromatic rings. The predicted octanol–water partition coefficient (Wildman–Crippen LogP) is 3.78. The van der Waals surface area contributed by atoms with E-state index in [0.29, 0.717) is 5.15 Å². The summed E-state index contributed by atoms with van der Waals surface area (Å²) in [5.74, 6) is 0.724. The fraction of sp³-hybridized carbons (Fsp3) is 0.273. The standard InChI is InChI=1S/C11H11ClN2S/c1-6-4-15-5-9(6)11-13-8(3)7(2)10(12)14-11/h4-5H,1-3H3. The molecule has 0 amide bonds. The maximum atomic E-state index is 6.04. The van der Waals surface area contributed by atoms with Gasteiger partial charge < -0.3 is 0 Å². The van der Waals surface area contributed by atoms with Gasteiger partial charge >= 0.3 is 0 Å². The van der Waals surface area contributed by atoms with Crippen molar-refractivity contribution in [3.63, 3.8) is 0 Å². The van der Waals surface area contributed by atoms with Gasteiger partial charge in [-0.2, -0.15) is 11.3 Å². The Morgan fingerprint density at radius 3 is 2.40 bits per heavy atom. The van der Waals surface area contributed by atoms with E-state index in [9.17, 15) is 0 Å². The third-order valence-electron chi connectivity index (χ3n) is 2.43. The van der Waals surface area contributed by atoms with Gasteiger partial charge in [-0.15, -0.1) is 0 Å². The van der Waals surface area contributed by atoms with Gasteiger partial charge in [-0.1, -0.05) is 11.6 Å². The van der Waals surface area contributed by atoms with Crippen LogP contribution in [0.4, 0.5) is 0 Å². The smallest absolute Gasteiger partial charge is 0.162 e. The SMILES string of the molecule is Cc1cscc1-c1nc(C)c(C)c(Cl)n1. The third kappa shape index (κ3) is 1.90. The molecule has 0 atom stereocenters. The number of rotatable bonds is 1. The number of aryl methyl sites for hydroxylation is 2. The molecule has 0 aliphatic heterocycles. The number of thiophene rings is 1. The fourth-order valence-electron chi connectivity index (χ4n) is 1.30. The van der Waals surface area contributed by atoms with E-state index in [2.05, 4.69) is 27.7 Å². The van der Waals surface area contributed by atoms with Crippen LogP contribution in [0.25, 0.3) is 11.4 Å². The number of hydrogen-bond acceptors (Lipinski definition) is 3. The first-order valence-corrected chi connectivity index (χ1v) is 5.95. The predicted molar refractivity (Wildman–Crippen MR) is 64.6 cm³/mol. The summed E-state index contributed by atoms with van der Waals surface area (Å²) in [5, 5.41) is 4.68. The van der Waals surface area contributed by atoms with Gasteiger partial charge in [0.25, 0.3) is 0 Å². The van der Waals surface area contributed by atoms with Gasteiger partial charge in [0.15, 0.2) is 5.82 Å². The van der Waals surface area contributed by atoms with Gasteiger partial charge in [-0.3, -0.25) is 0 Å². The van der Waals surface area contributed by atoms with Crippen LogP contribution in [0.3, 0.4) is 0 Å². The molecule has 2 heterocycles. The van der Waals surface area contributed by atoms with E-state index >= 15 is 0 Å². The Kier molecular flexibility index (Phi) is 2.76. The van der Waals surface area contributed by atoms with Crippen LogP contribution in [0.15, 0.2) is 10.8 Å². The average molecular weight is 239 g/mol. The van der Waals surface area contributed by atoms with E-state index in [-0.39, 0.29) is 0 Å². The number of halogens is 1. The van der Waals surface area contributed by atoms with E-state index in [1.807, 2.05) is 13.8 Å². The van der Waals surface area contributed by atoms with Crippen molar-refractivity contribution in [1.29, 1.82) is 0 Å². The lowest BCUT2D eigenvalue weighted by Crippen LogP contribution is -1.96. The topological polar surface area (TPSA) is 25.8 Å². The average Bonchev–Trinajstić information content (AvgIpc) is 2.60. The van der Waals surface area contributed by atoms with Crippen molar-refractivity contribution >= 4 is 22.9 Å². The van der Waals surface area contributed by atoms with Crippen LogP contribution in [-0.4, -0.2) is 9.97 Å². The Labute approximate surface area is 98.0 Å². The normalized spacial score (nSPS) is 10.7. The van der Waals surface area contributed by atoms with Gasteiger partial charge in [0.1, 0.15) is 5.15 Å². The first-order valence-electron chi connectivity index (χ1n) is 4.63. The summed E-state index contributed by atoms with van der Waals surface area (Å²) < 4.78 is 0. The number of hydrogen-bond donors (Lipinski definition) is 0. The molecule has 0 aliphatic carbocycles. The monoisotopic (exact) mass is 238 g/mol. The van der Waals surface area contributed by atoms with Crippen molar-refractivity contribution in [3.05, 3.63) is 32.7 Å². The van der Waals surface area contributed by atoms with Crippen molar-refractivity contribution in [1.82, 2.24) is 9.97 Å². The minimum absolute atomic E-state index is 0.545. The van der Waals surface area contributed by atoms with Crippen molar-refractivity contribution in [3.8, 4) is 11.4 Å². The molecule has 0 N–H and O–H groups in total. The summed E-state index contributed by atoms with van der Waals surface area (Å²) in [6, 6.07) is 0. The summed E-state index contributed by atoms with van der Waals surface area (Å²) in [7, 11) is 0.